The number of rotatable bonds is 1. The van der Waals surface area contributed by atoms with Crippen molar-refractivity contribution in [2.24, 2.45) is 0 Å². The first-order valence-electron chi connectivity index (χ1n) is 3.65. The standard InChI is InChI=1S/C9H11N/c1-2-8-3-5-9(7-10)6-4-8/h3,5H,2,4,6H2,1H3. The van der Waals surface area contributed by atoms with Crippen LogP contribution in [0.2, 0.25) is 0 Å². The SMILES string of the molecule is CCC1=CC=C(C#N)CC1. The van der Waals surface area contributed by atoms with E-state index in [0.29, 0.717) is 0 Å². The lowest BCUT2D eigenvalue weighted by atomic mass is 9.98. The second-order valence-corrected chi connectivity index (χ2v) is 2.48. The third kappa shape index (κ3) is 1.48. The van der Waals surface area contributed by atoms with Gasteiger partial charge in [-0.1, -0.05) is 18.6 Å². The molecule has 10 heavy (non-hydrogen) atoms. The first-order valence-corrected chi connectivity index (χ1v) is 3.65. The Morgan fingerprint density at radius 2 is 2.30 bits per heavy atom. The van der Waals surface area contributed by atoms with E-state index < -0.39 is 0 Å². The van der Waals surface area contributed by atoms with Crippen molar-refractivity contribution in [2.45, 2.75) is 26.2 Å². The molecule has 0 N–H and O–H groups in total. The Labute approximate surface area is 61.7 Å². The van der Waals surface area contributed by atoms with Gasteiger partial charge in [-0.15, -0.1) is 0 Å². The summed E-state index contributed by atoms with van der Waals surface area (Å²) in [5.74, 6) is 0. The molecule has 0 aromatic carbocycles. The van der Waals surface area contributed by atoms with Gasteiger partial charge in [0, 0.05) is 5.57 Å². The summed E-state index contributed by atoms with van der Waals surface area (Å²) < 4.78 is 0. The van der Waals surface area contributed by atoms with E-state index >= 15 is 0 Å². The van der Waals surface area contributed by atoms with Crippen LogP contribution < -0.4 is 0 Å². The first-order chi connectivity index (χ1) is 4.86. The number of allylic oxidation sites excluding steroid dienone is 4. The fourth-order valence-electron chi connectivity index (χ4n) is 1.07. The van der Waals surface area contributed by atoms with Crippen LogP contribution in [0.3, 0.4) is 0 Å². The predicted octanol–water partition coefficient (Wildman–Crippen LogP) is 2.57. The van der Waals surface area contributed by atoms with E-state index in [4.69, 9.17) is 5.26 Å². The van der Waals surface area contributed by atoms with E-state index in [0.717, 1.165) is 24.8 Å². The average Bonchev–Trinajstić information content (AvgIpc) is 2.05. The molecule has 0 saturated heterocycles. The monoisotopic (exact) mass is 133 g/mol. The summed E-state index contributed by atoms with van der Waals surface area (Å²) in [7, 11) is 0. The second kappa shape index (κ2) is 3.22. The van der Waals surface area contributed by atoms with Crippen molar-refractivity contribution in [3.8, 4) is 6.07 Å². The van der Waals surface area contributed by atoms with E-state index in [-0.39, 0.29) is 0 Å². The summed E-state index contributed by atoms with van der Waals surface area (Å²) in [4.78, 5) is 0. The minimum Gasteiger partial charge on any atom is -0.193 e. The Bertz CT molecular complexity index is 215. The van der Waals surface area contributed by atoms with Gasteiger partial charge in [-0.05, 0) is 25.3 Å². The van der Waals surface area contributed by atoms with Gasteiger partial charge in [-0.2, -0.15) is 5.26 Å². The number of nitriles is 1. The van der Waals surface area contributed by atoms with Crippen LogP contribution in [0.25, 0.3) is 0 Å². The van der Waals surface area contributed by atoms with Crippen molar-refractivity contribution in [1.82, 2.24) is 0 Å². The van der Waals surface area contributed by atoms with Gasteiger partial charge in [0.2, 0.25) is 0 Å². The molecule has 0 aliphatic heterocycles. The van der Waals surface area contributed by atoms with E-state index in [1.54, 1.807) is 0 Å². The third-order valence-corrected chi connectivity index (χ3v) is 1.83. The first kappa shape index (κ1) is 7.08. The molecule has 0 radical (unpaired) electrons. The van der Waals surface area contributed by atoms with Crippen LogP contribution in [0.4, 0.5) is 0 Å². The van der Waals surface area contributed by atoms with Crippen molar-refractivity contribution in [3.05, 3.63) is 23.3 Å². The molecule has 0 aromatic rings. The van der Waals surface area contributed by atoms with Crippen LogP contribution in [-0.4, -0.2) is 0 Å². The van der Waals surface area contributed by atoms with Gasteiger partial charge in [0.25, 0.3) is 0 Å². The van der Waals surface area contributed by atoms with Crippen molar-refractivity contribution in [1.29, 1.82) is 5.26 Å². The highest BCUT2D eigenvalue weighted by Crippen LogP contribution is 2.19. The predicted molar refractivity (Wildman–Crippen MR) is 41.3 cm³/mol. The Hall–Kier alpha value is -1.03. The average molecular weight is 133 g/mol. The van der Waals surface area contributed by atoms with E-state index in [2.05, 4.69) is 19.1 Å². The highest BCUT2D eigenvalue weighted by Gasteiger charge is 2.02. The Balaban J connectivity index is 2.67. The van der Waals surface area contributed by atoms with Crippen molar-refractivity contribution >= 4 is 0 Å². The number of nitrogens with zero attached hydrogens (tertiary/aromatic N) is 1. The summed E-state index contributed by atoms with van der Waals surface area (Å²) in [6.45, 7) is 2.15. The summed E-state index contributed by atoms with van der Waals surface area (Å²) in [6, 6.07) is 2.17. The lowest BCUT2D eigenvalue weighted by Crippen LogP contribution is -1.89. The van der Waals surface area contributed by atoms with Crippen LogP contribution in [0.5, 0.6) is 0 Å². The largest absolute Gasteiger partial charge is 0.193 e. The fraction of sp³-hybridized carbons (Fsp3) is 0.444. The molecule has 0 unspecified atom stereocenters. The minimum atomic E-state index is 0.914. The topological polar surface area (TPSA) is 23.8 Å². The van der Waals surface area contributed by atoms with Gasteiger partial charge >= 0.3 is 0 Å². The maximum atomic E-state index is 8.50. The molecule has 0 atom stereocenters. The van der Waals surface area contributed by atoms with E-state index in [1.165, 1.54) is 5.57 Å². The zero-order valence-electron chi connectivity index (χ0n) is 6.22. The van der Waals surface area contributed by atoms with Crippen LogP contribution in [-0.2, 0) is 0 Å². The normalized spacial score (nSPS) is 17.2. The molecular formula is C9H11N. The highest BCUT2D eigenvalue weighted by atomic mass is 14.2. The molecule has 1 heteroatoms. The molecule has 0 heterocycles. The number of hydrogen-bond acceptors (Lipinski definition) is 1. The van der Waals surface area contributed by atoms with E-state index in [9.17, 15) is 0 Å². The molecule has 1 aliphatic rings. The smallest absolute Gasteiger partial charge is 0.0947 e. The highest BCUT2D eigenvalue weighted by molar-refractivity contribution is 5.32. The molecule has 1 rings (SSSR count). The molecule has 0 amide bonds. The van der Waals surface area contributed by atoms with E-state index in [1.807, 2.05) is 6.08 Å². The molecule has 52 valence electrons. The zero-order chi connectivity index (χ0) is 7.40. The molecule has 0 aromatic heterocycles. The minimum absolute atomic E-state index is 0.914. The molecule has 1 nitrogen and oxygen atoms in total. The lowest BCUT2D eigenvalue weighted by molar-refractivity contribution is 0.874. The maximum absolute atomic E-state index is 8.50. The third-order valence-electron chi connectivity index (χ3n) is 1.83. The maximum Gasteiger partial charge on any atom is 0.0947 e. The molecule has 0 saturated carbocycles. The fourth-order valence-corrected chi connectivity index (χ4v) is 1.07. The Morgan fingerprint density at radius 3 is 2.70 bits per heavy atom. The van der Waals surface area contributed by atoms with Crippen molar-refractivity contribution in [3.63, 3.8) is 0 Å². The quantitative estimate of drug-likeness (QED) is 0.539. The molecule has 0 fully saturated rings. The zero-order valence-corrected chi connectivity index (χ0v) is 6.22. The number of hydrogen-bond donors (Lipinski definition) is 0. The van der Waals surface area contributed by atoms with Gasteiger partial charge in [-0.25, -0.2) is 0 Å². The van der Waals surface area contributed by atoms with Gasteiger partial charge in [0.05, 0.1) is 6.07 Å². The summed E-state index contributed by atoms with van der Waals surface area (Å²) in [5.41, 5.74) is 2.37. The second-order valence-electron chi connectivity index (χ2n) is 2.48. The Morgan fingerprint density at radius 1 is 1.50 bits per heavy atom. The van der Waals surface area contributed by atoms with Crippen molar-refractivity contribution < 1.29 is 0 Å². The molecule has 0 bridgehead atoms. The van der Waals surface area contributed by atoms with Gasteiger partial charge in [0.15, 0.2) is 0 Å². The van der Waals surface area contributed by atoms with Gasteiger partial charge in [-0.3, -0.25) is 0 Å². The Kier molecular flexibility index (Phi) is 2.28. The van der Waals surface area contributed by atoms with Crippen LogP contribution in [0.15, 0.2) is 23.3 Å². The van der Waals surface area contributed by atoms with Gasteiger partial charge < -0.3 is 0 Å². The van der Waals surface area contributed by atoms with Crippen molar-refractivity contribution in [2.75, 3.05) is 0 Å². The molecular weight excluding hydrogens is 122 g/mol. The van der Waals surface area contributed by atoms with Crippen LogP contribution >= 0.6 is 0 Å². The van der Waals surface area contributed by atoms with Crippen LogP contribution in [0, 0.1) is 11.3 Å². The van der Waals surface area contributed by atoms with Gasteiger partial charge in [0.1, 0.15) is 0 Å². The summed E-state index contributed by atoms with van der Waals surface area (Å²) in [6.07, 6.45) is 7.14. The summed E-state index contributed by atoms with van der Waals surface area (Å²) in [5, 5.41) is 8.50. The molecule has 0 spiro atoms. The van der Waals surface area contributed by atoms with Crippen LogP contribution in [0.1, 0.15) is 26.2 Å². The summed E-state index contributed by atoms with van der Waals surface area (Å²) >= 11 is 0. The molecule has 1 aliphatic carbocycles. The lowest BCUT2D eigenvalue weighted by Gasteiger charge is -2.06.